The van der Waals surface area contributed by atoms with Gasteiger partial charge in [-0.1, -0.05) is 6.07 Å². The summed E-state index contributed by atoms with van der Waals surface area (Å²) in [5, 5.41) is 15.7. The number of amides is 1. The summed E-state index contributed by atoms with van der Waals surface area (Å²) >= 11 is 0. The molecule has 216 valence electrons. The second-order valence-corrected chi connectivity index (χ2v) is 8.25. The third-order valence-electron chi connectivity index (χ3n) is 5.35. The lowest BCUT2D eigenvalue weighted by atomic mass is 10.0. The van der Waals surface area contributed by atoms with Gasteiger partial charge in [-0.05, 0) is 36.8 Å². The number of carbonyl (C=O) groups is 1. The van der Waals surface area contributed by atoms with Gasteiger partial charge in [0.15, 0.2) is 5.69 Å². The molecule has 0 aliphatic carbocycles. The Morgan fingerprint density at radius 1 is 0.925 bits per heavy atom. The molecule has 0 bridgehead atoms. The van der Waals surface area contributed by atoms with Gasteiger partial charge in [-0.3, -0.25) is 19.6 Å². The summed E-state index contributed by atoms with van der Waals surface area (Å²) in [5.41, 5.74) is -9.08. The Hall–Kier alpha value is -4.25. The van der Waals surface area contributed by atoms with Crippen LogP contribution in [-0.2, 0) is 24.8 Å². The average Bonchev–Trinajstić information content (AvgIpc) is 3.21. The van der Waals surface area contributed by atoms with Crippen LogP contribution in [0.2, 0.25) is 0 Å². The fraction of sp³-hybridized carbons (Fsp3) is 0.273. The minimum atomic E-state index is -6.27. The number of hydrogen-bond donors (Lipinski definition) is 1. The minimum absolute atomic E-state index is 0.0516. The molecule has 1 N–H and O–H groups in total. The number of nitro groups is 1. The summed E-state index contributed by atoms with van der Waals surface area (Å²) in [5.74, 6) is -7.58. The average molecular weight is 590 g/mol. The van der Waals surface area contributed by atoms with E-state index in [4.69, 9.17) is 0 Å². The molecule has 0 aliphatic rings. The van der Waals surface area contributed by atoms with Crippen molar-refractivity contribution in [2.75, 3.05) is 5.32 Å². The predicted molar refractivity (Wildman–Crippen MR) is 114 cm³/mol. The van der Waals surface area contributed by atoms with Gasteiger partial charge < -0.3 is 5.32 Å². The first-order valence-corrected chi connectivity index (χ1v) is 10.5. The second-order valence-electron chi connectivity index (χ2n) is 8.25. The van der Waals surface area contributed by atoms with Gasteiger partial charge >= 0.3 is 24.5 Å². The van der Waals surface area contributed by atoms with E-state index in [0.717, 1.165) is 12.1 Å². The Balaban J connectivity index is 2.05. The molecule has 3 aromatic rings. The molecule has 18 heteroatoms. The van der Waals surface area contributed by atoms with Gasteiger partial charge in [0.25, 0.3) is 11.6 Å². The van der Waals surface area contributed by atoms with Crippen molar-refractivity contribution < 1.29 is 58.0 Å². The third-order valence-corrected chi connectivity index (χ3v) is 5.35. The van der Waals surface area contributed by atoms with Crippen molar-refractivity contribution in [3.05, 3.63) is 86.2 Å². The summed E-state index contributed by atoms with van der Waals surface area (Å²) in [6.45, 7) is 0.734. The van der Waals surface area contributed by atoms with E-state index in [1.807, 2.05) is 0 Å². The number of aryl methyl sites for hydroxylation is 1. The van der Waals surface area contributed by atoms with Crippen molar-refractivity contribution in [2.24, 2.45) is 0 Å². The molecule has 0 aliphatic heterocycles. The van der Waals surface area contributed by atoms with Gasteiger partial charge in [0.05, 0.1) is 28.2 Å². The number of alkyl halides is 11. The Morgan fingerprint density at radius 3 is 2.02 bits per heavy atom. The maximum absolute atomic E-state index is 14.3. The fourth-order valence-corrected chi connectivity index (χ4v) is 3.54. The lowest BCUT2D eigenvalue weighted by Gasteiger charge is -2.19. The van der Waals surface area contributed by atoms with Crippen LogP contribution in [0.4, 0.5) is 59.7 Å². The largest absolute Gasteiger partial charge is 0.459 e. The highest BCUT2D eigenvalue weighted by atomic mass is 19.4. The molecule has 2 aromatic carbocycles. The van der Waals surface area contributed by atoms with Crippen LogP contribution in [0, 0.1) is 17.0 Å². The Kier molecular flexibility index (Phi) is 7.61. The van der Waals surface area contributed by atoms with Crippen LogP contribution >= 0.6 is 0 Å². The van der Waals surface area contributed by atoms with E-state index in [1.165, 1.54) is 13.0 Å². The van der Waals surface area contributed by atoms with Crippen molar-refractivity contribution in [2.45, 2.75) is 37.9 Å². The molecule has 7 nitrogen and oxygen atoms in total. The number of hydrogen-bond acceptors (Lipinski definition) is 4. The van der Waals surface area contributed by atoms with Crippen LogP contribution in [0.3, 0.4) is 0 Å². The fourth-order valence-electron chi connectivity index (χ4n) is 3.54. The number of rotatable bonds is 6. The zero-order chi connectivity index (χ0) is 30.4. The highest BCUT2D eigenvalue weighted by molar-refractivity contribution is 6.05. The summed E-state index contributed by atoms with van der Waals surface area (Å²) in [7, 11) is 0. The standard InChI is InChI=1S/C22H13F11N4O3/c1-10-6-11(2-5-16(10)37(39)40)8-36-9-13(17(35-36)19(23,24)22(31,32)33)18(38)34-12-3-4-14(20(25,26)27)15(7-12)21(28,29)30/h2-7,9H,8H2,1H3,(H,34,38). The lowest BCUT2D eigenvalue weighted by molar-refractivity contribution is -0.385. The number of nitrogens with zero attached hydrogens (tertiary/aromatic N) is 3. The van der Waals surface area contributed by atoms with E-state index in [-0.39, 0.29) is 28.9 Å². The Morgan fingerprint density at radius 2 is 1.52 bits per heavy atom. The molecule has 0 radical (unpaired) electrons. The van der Waals surface area contributed by atoms with E-state index < -0.39 is 69.9 Å². The van der Waals surface area contributed by atoms with E-state index in [1.54, 1.807) is 5.32 Å². The number of carbonyl (C=O) groups excluding carboxylic acids is 1. The molecular formula is C22H13F11N4O3. The van der Waals surface area contributed by atoms with Gasteiger partial charge in [-0.2, -0.15) is 53.4 Å². The lowest BCUT2D eigenvalue weighted by Crippen LogP contribution is -2.36. The second kappa shape index (κ2) is 10.1. The summed E-state index contributed by atoms with van der Waals surface area (Å²) in [6.07, 6.45) is -16.9. The van der Waals surface area contributed by atoms with Crippen LogP contribution in [0.15, 0.2) is 42.6 Å². The first-order valence-electron chi connectivity index (χ1n) is 10.5. The van der Waals surface area contributed by atoms with Crippen molar-refractivity contribution in [1.29, 1.82) is 0 Å². The van der Waals surface area contributed by atoms with Crippen LogP contribution in [0.5, 0.6) is 0 Å². The molecule has 0 saturated heterocycles. The number of halogens is 11. The SMILES string of the molecule is Cc1cc(Cn2cc(C(=O)Nc3ccc(C(F)(F)F)c(C(F)(F)F)c3)c(C(F)(F)C(F)(F)F)n2)ccc1[N+](=O)[O-]. The van der Waals surface area contributed by atoms with Gasteiger partial charge in [-0.25, -0.2) is 0 Å². The molecule has 1 aromatic heterocycles. The number of nitro benzene ring substituents is 1. The first-order chi connectivity index (χ1) is 18.1. The molecular weight excluding hydrogens is 577 g/mol. The minimum Gasteiger partial charge on any atom is -0.322 e. The molecule has 0 saturated carbocycles. The van der Waals surface area contributed by atoms with Gasteiger partial charge in [0, 0.05) is 23.5 Å². The maximum Gasteiger partial charge on any atom is 0.459 e. The highest BCUT2D eigenvalue weighted by Gasteiger charge is 2.62. The molecule has 0 fully saturated rings. The summed E-state index contributed by atoms with van der Waals surface area (Å²) < 4.78 is 147. The van der Waals surface area contributed by atoms with Crippen LogP contribution in [0.25, 0.3) is 0 Å². The molecule has 1 amide bonds. The maximum atomic E-state index is 14.3. The zero-order valence-corrected chi connectivity index (χ0v) is 19.5. The van der Waals surface area contributed by atoms with E-state index >= 15 is 0 Å². The van der Waals surface area contributed by atoms with Crippen LogP contribution in [-0.4, -0.2) is 26.8 Å². The van der Waals surface area contributed by atoms with Gasteiger partial charge in [0.2, 0.25) is 0 Å². The number of benzene rings is 2. The monoisotopic (exact) mass is 590 g/mol. The zero-order valence-electron chi connectivity index (χ0n) is 19.5. The van der Waals surface area contributed by atoms with E-state index in [0.29, 0.717) is 16.9 Å². The topological polar surface area (TPSA) is 90.1 Å². The number of nitrogens with one attached hydrogen (secondary N) is 1. The first kappa shape index (κ1) is 30.3. The van der Waals surface area contributed by atoms with Crippen molar-refractivity contribution in [1.82, 2.24) is 9.78 Å². The number of anilines is 1. The molecule has 3 rings (SSSR count). The normalized spacial score (nSPS) is 12.9. The summed E-state index contributed by atoms with van der Waals surface area (Å²) in [6, 6.07) is 3.49. The predicted octanol–water partition coefficient (Wildman–Crippen LogP) is 7.09. The van der Waals surface area contributed by atoms with Crippen molar-refractivity contribution >= 4 is 17.3 Å². The molecule has 0 spiro atoms. The smallest absolute Gasteiger partial charge is 0.322 e. The van der Waals surface area contributed by atoms with E-state index in [2.05, 4.69) is 5.10 Å². The molecule has 0 atom stereocenters. The van der Waals surface area contributed by atoms with Gasteiger partial charge in [-0.15, -0.1) is 0 Å². The molecule has 1 heterocycles. The van der Waals surface area contributed by atoms with Gasteiger partial charge in [0.1, 0.15) is 0 Å². The Labute approximate surface area is 215 Å². The number of aromatic nitrogens is 2. The highest BCUT2D eigenvalue weighted by Crippen LogP contribution is 2.45. The summed E-state index contributed by atoms with van der Waals surface area (Å²) in [4.78, 5) is 22.9. The van der Waals surface area contributed by atoms with Crippen molar-refractivity contribution in [3.63, 3.8) is 0 Å². The quantitative estimate of drug-likeness (QED) is 0.189. The van der Waals surface area contributed by atoms with Crippen LogP contribution < -0.4 is 5.32 Å². The van der Waals surface area contributed by atoms with Crippen LogP contribution in [0.1, 0.15) is 38.3 Å². The van der Waals surface area contributed by atoms with E-state index in [9.17, 15) is 63.2 Å². The third kappa shape index (κ3) is 6.15. The van der Waals surface area contributed by atoms with Crippen molar-refractivity contribution in [3.8, 4) is 0 Å². The Bertz CT molecular complexity index is 1460. The molecule has 0 unspecified atom stereocenters. The molecule has 40 heavy (non-hydrogen) atoms.